The lowest BCUT2D eigenvalue weighted by atomic mass is 10.1. The summed E-state index contributed by atoms with van der Waals surface area (Å²) in [6, 6.07) is 23.9. The molecule has 1 N–H and O–H groups in total. The van der Waals surface area contributed by atoms with Gasteiger partial charge in [0.15, 0.2) is 0 Å². The third-order valence-corrected chi connectivity index (χ3v) is 4.17. The number of hydrogen-bond donors (Lipinski definition) is 1. The number of para-hydroxylation sites is 1. The maximum Gasteiger partial charge on any atom is 0.341 e. The summed E-state index contributed by atoms with van der Waals surface area (Å²) in [5, 5.41) is 13.4. The summed E-state index contributed by atoms with van der Waals surface area (Å²) < 4.78 is 10.6. The minimum atomic E-state index is -0.657. The fourth-order valence-electron chi connectivity index (χ4n) is 2.65. The molecular formula is C24H21NO5. The molecule has 0 spiro atoms. The van der Waals surface area contributed by atoms with Crippen molar-refractivity contribution in [1.82, 2.24) is 0 Å². The van der Waals surface area contributed by atoms with Crippen LogP contribution in [0.15, 0.2) is 90.3 Å². The highest BCUT2D eigenvalue weighted by Gasteiger charge is 2.17. The van der Waals surface area contributed by atoms with Crippen LogP contribution in [0, 0.1) is 0 Å². The summed E-state index contributed by atoms with van der Waals surface area (Å²) in [5.41, 5.74) is 2.31. The van der Waals surface area contributed by atoms with E-state index in [1.807, 2.05) is 42.5 Å². The number of aliphatic hydroxyl groups is 1. The van der Waals surface area contributed by atoms with Gasteiger partial charge in [-0.05, 0) is 41.5 Å². The maximum absolute atomic E-state index is 11.9. The predicted molar refractivity (Wildman–Crippen MR) is 114 cm³/mol. The highest BCUT2D eigenvalue weighted by atomic mass is 16.6. The second kappa shape index (κ2) is 10.5. The van der Waals surface area contributed by atoms with Crippen molar-refractivity contribution >= 4 is 17.8 Å². The fraction of sp³-hybridized carbons (Fsp3) is 0.0833. The van der Waals surface area contributed by atoms with E-state index < -0.39 is 5.97 Å². The molecule has 3 rings (SSSR count). The van der Waals surface area contributed by atoms with Crippen LogP contribution >= 0.6 is 0 Å². The largest absolute Gasteiger partial charge is 0.515 e. The van der Waals surface area contributed by atoms with E-state index in [9.17, 15) is 9.90 Å². The predicted octanol–water partition coefficient (Wildman–Crippen LogP) is 5.10. The number of aliphatic hydroxyl groups excluding tert-OH is 1. The second-order valence-corrected chi connectivity index (χ2v) is 6.20. The van der Waals surface area contributed by atoms with Gasteiger partial charge >= 0.3 is 5.97 Å². The molecule has 0 atom stereocenters. The van der Waals surface area contributed by atoms with Crippen molar-refractivity contribution in [3.8, 4) is 11.5 Å². The molecule has 6 heteroatoms. The normalized spacial score (nSPS) is 11.3. The van der Waals surface area contributed by atoms with Crippen LogP contribution in [-0.4, -0.2) is 24.4 Å². The van der Waals surface area contributed by atoms with E-state index in [0.717, 1.165) is 11.1 Å². The molecule has 0 bridgehead atoms. The van der Waals surface area contributed by atoms with Crippen LogP contribution in [-0.2, 0) is 21.0 Å². The quantitative estimate of drug-likeness (QED) is 0.186. The highest BCUT2D eigenvalue weighted by Crippen LogP contribution is 2.30. The Morgan fingerprint density at radius 3 is 2.37 bits per heavy atom. The maximum atomic E-state index is 11.9. The van der Waals surface area contributed by atoms with E-state index in [0.29, 0.717) is 29.9 Å². The Labute approximate surface area is 174 Å². The van der Waals surface area contributed by atoms with Crippen LogP contribution in [0.2, 0.25) is 0 Å². The van der Waals surface area contributed by atoms with Crippen LogP contribution in [0.25, 0.3) is 5.57 Å². The van der Waals surface area contributed by atoms with Gasteiger partial charge in [-0.2, -0.15) is 0 Å². The van der Waals surface area contributed by atoms with Gasteiger partial charge in [0.05, 0.1) is 19.6 Å². The van der Waals surface area contributed by atoms with Gasteiger partial charge in [0.1, 0.15) is 23.7 Å². The highest BCUT2D eigenvalue weighted by molar-refractivity contribution is 6.16. The number of esters is 1. The molecule has 6 nitrogen and oxygen atoms in total. The Bertz CT molecular complexity index is 1030. The van der Waals surface area contributed by atoms with Crippen molar-refractivity contribution in [2.75, 3.05) is 7.11 Å². The van der Waals surface area contributed by atoms with Crippen molar-refractivity contribution in [1.29, 1.82) is 0 Å². The summed E-state index contributed by atoms with van der Waals surface area (Å²) in [5.74, 6) is 0.318. The molecule has 0 saturated heterocycles. The lowest BCUT2D eigenvalue weighted by Gasteiger charge is -2.12. The number of benzene rings is 3. The van der Waals surface area contributed by atoms with Gasteiger partial charge in [0.2, 0.25) is 0 Å². The minimum absolute atomic E-state index is 0.00687. The zero-order chi connectivity index (χ0) is 21.2. The van der Waals surface area contributed by atoms with Gasteiger partial charge in [-0.15, -0.1) is 0 Å². The molecule has 0 aliphatic heterocycles. The number of rotatable bonds is 8. The van der Waals surface area contributed by atoms with Gasteiger partial charge in [0.25, 0.3) is 0 Å². The molecule has 0 amide bonds. The van der Waals surface area contributed by atoms with Crippen molar-refractivity contribution in [3.05, 3.63) is 102 Å². The van der Waals surface area contributed by atoms with E-state index in [4.69, 9.17) is 14.3 Å². The molecular weight excluding hydrogens is 382 g/mol. The van der Waals surface area contributed by atoms with Crippen LogP contribution in [0.3, 0.4) is 0 Å². The van der Waals surface area contributed by atoms with Crippen molar-refractivity contribution in [3.63, 3.8) is 0 Å². The first-order valence-corrected chi connectivity index (χ1v) is 9.20. The molecule has 0 aliphatic carbocycles. The molecule has 0 heterocycles. The average Bonchev–Trinajstić information content (AvgIpc) is 2.80. The van der Waals surface area contributed by atoms with Gasteiger partial charge in [-0.1, -0.05) is 53.7 Å². The summed E-state index contributed by atoms with van der Waals surface area (Å²) in [4.78, 5) is 17.2. The standard InChI is InChI=1S/C24H21NO5/c1-28-24(27)22(16-26)21-9-5-6-10-23(21)30-20-13-11-18(12-14-20)15-25-29-17-19-7-3-2-4-8-19/h2-16,26H,17H2,1H3/b22-16-,25-15+. The van der Waals surface area contributed by atoms with E-state index in [1.54, 1.807) is 42.6 Å². The zero-order valence-corrected chi connectivity index (χ0v) is 16.4. The van der Waals surface area contributed by atoms with Gasteiger partial charge in [-0.3, -0.25) is 0 Å². The van der Waals surface area contributed by atoms with Gasteiger partial charge in [-0.25, -0.2) is 4.79 Å². The summed E-state index contributed by atoms with van der Waals surface area (Å²) in [6.45, 7) is 0.399. The number of carbonyl (C=O) groups is 1. The molecule has 152 valence electrons. The van der Waals surface area contributed by atoms with Crippen LogP contribution in [0.4, 0.5) is 0 Å². The first-order valence-electron chi connectivity index (χ1n) is 9.20. The number of nitrogens with zero attached hydrogens (tertiary/aromatic N) is 1. The van der Waals surface area contributed by atoms with E-state index in [1.165, 1.54) is 7.11 Å². The van der Waals surface area contributed by atoms with E-state index in [2.05, 4.69) is 5.16 Å². The molecule has 30 heavy (non-hydrogen) atoms. The topological polar surface area (TPSA) is 77.4 Å². The molecule has 0 radical (unpaired) electrons. The number of oxime groups is 1. The molecule has 0 saturated carbocycles. The van der Waals surface area contributed by atoms with Gasteiger partial charge in [0, 0.05) is 5.56 Å². The Hall–Kier alpha value is -4.06. The lowest BCUT2D eigenvalue weighted by molar-refractivity contribution is -0.133. The number of ether oxygens (including phenoxy) is 2. The third-order valence-electron chi connectivity index (χ3n) is 4.17. The van der Waals surface area contributed by atoms with E-state index in [-0.39, 0.29) is 5.57 Å². The number of hydrogen-bond acceptors (Lipinski definition) is 6. The monoisotopic (exact) mass is 403 g/mol. The number of methoxy groups -OCH3 is 1. The molecule has 0 aliphatic rings. The first kappa shape index (κ1) is 20.7. The zero-order valence-electron chi connectivity index (χ0n) is 16.4. The Balaban J connectivity index is 1.65. The van der Waals surface area contributed by atoms with Crippen LogP contribution in [0.5, 0.6) is 11.5 Å². The SMILES string of the molecule is COC(=O)/C(=C\O)c1ccccc1Oc1ccc(/C=N/OCc2ccccc2)cc1. The summed E-state index contributed by atoms with van der Waals surface area (Å²) >= 11 is 0. The first-order chi connectivity index (χ1) is 14.7. The minimum Gasteiger partial charge on any atom is -0.515 e. The van der Waals surface area contributed by atoms with Crippen LogP contribution in [0.1, 0.15) is 16.7 Å². The average molecular weight is 403 g/mol. The molecule has 3 aromatic carbocycles. The smallest absolute Gasteiger partial charge is 0.341 e. The van der Waals surface area contributed by atoms with Crippen LogP contribution < -0.4 is 4.74 Å². The molecule has 0 fully saturated rings. The Morgan fingerprint density at radius 2 is 1.67 bits per heavy atom. The Kier molecular flexibility index (Phi) is 7.22. The van der Waals surface area contributed by atoms with Crippen molar-refractivity contribution < 1.29 is 24.2 Å². The molecule has 0 aromatic heterocycles. The van der Waals surface area contributed by atoms with Gasteiger partial charge < -0.3 is 19.4 Å². The lowest BCUT2D eigenvalue weighted by Crippen LogP contribution is -2.05. The molecule has 3 aromatic rings. The van der Waals surface area contributed by atoms with E-state index >= 15 is 0 Å². The summed E-state index contributed by atoms with van der Waals surface area (Å²) in [7, 11) is 1.25. The summed E-state index contributed by atoms with van der Waals surface area (Å²) in [6.07, 6.45) is 2.33. The molecule has 0 unspecified atom stereocenters. The second-order valence-electron chi connectivity index (χ2n) is 6.20. The third kappa shape index (κ3) is 5.48. The van der Waals surface area contributed by atoms with Crippen molar-refractivity contribution in [2.24, 2.45) is 5.16 Å². The number of carbonyl (C=O) groups excluding carboxylic acids is 1. The Morgan fingerprint density at radius 1 is 0.967 bits per heavy atom. The fourth-order valence-corrected chi connectivity index (χ4v) is 2.65. The van der Waals surface area contributed by atoms with Crippen molar-refractivity contribution in [2.45, 2.75) is 6.61 Å².